The van der Waals surface area contributed by atoms with Crippen molar-refractivity contribution < 1.29 is 9.53 Å². The number of nitrogens with zero attached hydrogens (tertiary/aromatic N) is 1. The largest absolute Gasteiger partial charge is 0.379 e. The molecular weight excluding hydrogens is 218 g/mol. The zero-order valence-corrected chi connectivity index (χ0v) is 11.2. The normalized spacial score (nSPS) is 20.0. The molecule has 0 aromatic carbocycles. The zero-order valence-electron chi connectivity index (χ0n) is 11.2. The molecule has 1 fully saturated rings. The van der Waals surface area contributed by atoms with Gasteiger partial charge in [-0.1, -0.05) is 6.92 Å². The van der Waals surface area contributed by atoms with Gasteiger partial charge < -0.3 is 15.8 Å². The van der Waals surface area contributed by atoms with Gasteiger partial charge in [0.15, 0.2) is 0 Å². The fourth-order valence-electron chi connectivity index (χ4n) is 1.87. The summed E-state index contributed by atoms with van der Waals surface area (Å²) in [6.07, 6.45) is 0. The molecule has 0 spiro atoms. The first-order valence-corrected chi connectivity index (χ1v) is 6.28. The molecule has 1 heterocycles. The van der Waals surface area contributed by atoms with Gasteiger partial charge in [-0.3, -0.25) is 9.69 Å². The van der Waals surface area contributed by atoms with E-state index in [1.807, 2.05) is 6.92 Å². The molecule has 0 aliphatic carbocycles. The molecule has 0 aromatic rings. The Morgan fingerprint density at radius 2 is 2.06 bits per heavy atom. The first-order chi connectivity index (χ1) is 7.97. The van der Waals surface area contributed by atoms with Crippen LogP contribution in [0.5, 0.6) is 0 Å². The van der Waals surface area contributed by atoms with Gasteiger partial charge >= 0.3 is 0 Å². The number of hydrogen-bond donors (Lipinski definition) is 2. The van der Waals surface area contributed by atoms with Crippen LogP contribution in [0.25, 0.3) is 0 Å². The first kappa shape index (κ1) is 14.4. The molecule has 5 heteroatoms. The maximum atomic E-state index is 11.7. The third kappa shape index (κ3) is 4.26. The highest BCUT2D eigenvalue weighted by Crippen LogP contribution is 2.15. The van der Waals surface area contributed by atoms with Crippen molar-refractivity contribution in [2.75, 3.05) is 39.4 Å². The quantitative estimate of drug-likeness (QED) is 0.702. The zero-order chi connectivity index (χ0) is 12.9. The van der Waals surface area contributed by atoms with Crippen molar-refractivity contribution in [1.29, 1.82) is 0 Å². The van der Waals surface area contributed by atoms with E-state index in [1.54, 1.807) is 0 Å². The average Bonchev–Trinajstić information content (AvgIpc) is 2.36. The highest BCUT2D eigenvalue weighted by atomic mass is 16.5. The Morgan fingerprint density at radius 1 is 1.47 bits per heavy atom. The second-order valence-corrected chi connectivity index (χ2v) is 5.27. The highest BCUT2D eigenvalue weighted by molar-refractivity contribution is 5.78. The summed E-state index contributed by atoms with van der Waals surface area (Å²) in [7, 11) is 0. The van der Waals surface area contributed by atoms with E-state index < -0.39 is 0 Å². The first-order valence-electron chi connectivity index (χ1n) is 6.28. The average molecular weight is 243 g/mol. The monoisotopic (exact) mass is 243 g/mol. The predicted octanol–water partition coefficient (Wildman–Crippen LogP) is -0.192. The Morgan fingerprint density at radius 3 is 2.59 bits per heavy atom. The van der Waals surface area contributed by atoms with Crippen LogP contribution in [0.1, 0.15) is 20.8 Å². The molecule has 1 rings (SSSR count). The van der Waals surface area contributed by atoms with E-state index in [2.05, 4.69) is 24.1 Å². The smallest absolute Gasteiger partial charge is 0.224 e. The third-order valence-electron chi connectivity index (χ3n) is 3.36. The standard InChI is InChI=1S/C12H25N3O2/c1-10(8-13)11(16)14-9-12(2,3)15-4-6-17-7-5-15/h10H,4-9,13H2,1-3H3,(H,14,16). The second-order valence-electron chi connectivity index (χ2n) is 5.27. The molecule has 1 atom stereocenters. The van der Waals surface area contributed by atoms with Gasteiger partial charge in [0.1, 0.15) is 0 Å². The molecule has 0 aromatic heterocycles. The molecule has 0 radical (unpaired) electrons. The number of hydrogen-bond acceptors (Lipinski definition) is 4. The summed E-state index contributed by atoms with van der Waals surface area (Å²) in [5.74, 6) is -0.0793. The number of nitrogens with one attached hydrogen (secondary N) is 1. The summed E-state index contributed by atoms with van der Waals surface area (Å²) in [6.45, 7) is 10.6. The lowest BCUT2D eigenvalue weighted by Crippen LogP contribution is -2.56. The summed E-state index contributed by atoms with van der Waals surface area (Å²) in [6, 6.07) is 0. The Labute approximate surface area is 104 Å². The van der Waals surface area contributed by atoms with Crippen molar-refractivity contribution in [1.82, 2.24) is 10.2 Å². The van der Waals surface area contributed by atoms with Gasteiger partial charge in [0.2, 0.25) is 5.91 Å². The minimum absolute atomic E-state index is 0.0340. The van der Waals surface area contributed by atoms with Gasteiger partial charge in [-0.05, 0) is 13.8 Å². The summed E-state index contributed by atoms with van der Waals surface area (Å²) in [4.78, 5) is 14.0. The lowest BCUT2D eigenvalue weighted by molar-refractivity contribution is -0.125. The topological polar surface area (TPSA) is 67.6 Å². The molecule has 1 unspecified atom stereocenters. The molecule has 100 valence electrons. The van der Waals surface area contributed by atoms with Crippen LogP contribution in [-0.4, -0.2) is 55.7 Å². The molecule has 1 aliphatic rings. The molecule has 0 bridgehead atoms. The van der Waals surface area contributed by atoms with Crippen LogP contribution < -0.4 is 11.1 Å². The van der Waals surface area contributed by atoms with E-state index >= 15 is 0 Å². The second kappa shape index (κ2) is 6.33. The maximum absolute atomic E-state index is 11.7. The van der Waals surface area contributed by atoms with Gasteiger partial charge in [-0.25, -0.2) is 0 Å². The van der Waals surface area contributed by atoms with E-state index in [4.69, 9.17) is 10.5 Å². The molecule has 1 saturated heterocycles. The number of ether oxygens (including phenoxy) is 1. The fourth-order valence-corrected chi connectivity index (χ4v) is 1.87. The lowest BCUT2D eigenvalue weighted by atomic mass is 10.0. The number of rotatable bonds is 5. The SMILES string of the molecule is CC(CN)C(=O)NCC(C)(C)N1CCOCC1. The summed E-state index contributed by atoms with van der Waals surface area (Å²) in [5.41, 5.74) is 5.43. The maximum Gasteiger partial charge on any atom is 0.224 e. The van der Waals surface area contributed by atoms with Crippen LogP contribution in [0.3, 0.4) is 0 Å². The molecule has 17 heavy (non-hydrogen) atoms. The van der Waals surface area contributed by atoms with Crippen molar-refractivity contribution in [3.8, 4) is 0 Å². The van der Waals surface area contributed by atoms with Gasteiger partial charge in [0, 0.05) is 37.6 Å². The number of morpholine rings is 1. The summed E-state index contributed by atoms with van der Waals surface area (Å²) < 4.78 is 5.33. The molecule has 1 aliphatic heterocycles. The predicted molar refractivity (Wildman–Crippen MR) is 67.7 cm³/mol. The fraction of sp³-hybridized carbons (Fsp3) is 0.917. The highest BCUT2D eigenvalue weighted by Gasteiger charge is 2.28. The number of carbonyl (C=O) groups is 1. The van der Waals surface area contributed by atoms with Gasteiger partial charge in [0.25, 0.3) is 0 Å². The van der Waals surface area contributed by atoms with Crippen molar-refractivity contribution in [2.24, 2.45) is 11.7 Å². The minimum Gasteiger partial charge on any atom is -0.379 e. The number of carbonyl (C=O) groups excluding carboxylic acids is 1. The van der Waals surface area contributed by atoms with E-state index in [-0.39, 0.29) is 17.4 Å². The Balaban J connectivity index is 2.40. The van der Waals surface area contributed by atoms with Crippen LogP contribution >= 0.6 is 0 Å². The van der Waals surface area contributed by atoms with E-state index in [0.717, 1.165) is 26.3 Å². The number of amides is 1. The van der Waals surface area contributed by atoms with Crippen molar-refractivity contribution in [2.45, 2.75) is 26.3 Å². The van der Waals surface area contributed by atoms with Crippen molar-refractivity contribution >= 4 is 5.91 Å². The Bertz CT molecular complexity index is 250. The third-order valence-corrected chi connectivity index (χ3v) is 3.36. The van der Waals surface area contributed by atoms with E-state index in [0.29, 0.717) is 13.1 Å². The molecule has 5 nitrogen and oxygen atoms in total. The van der Waals surface area contributed by atoms with E-state index in [1.165, 1.54) is 0 Å². The van der Waals surface area contributed by atoms with Crippen molar-refractivity contribution in [3.63, 3.8) is 0 Å². The number of nitrogens with two attached hydrogens (primary N) is 1. The summed E-state index contributed by atoms with van der Waals surface area (Å²) >= 11 is 0. The van der Waals surface area contributed by atoms with Gasteiger partial charge in [-0.2, -0.15) is 0 Å². The van der Waals surface area contributed by atoms with Crippen LogP contribution in [0.2, 0.25) is 0 Å². The molecule has 1 amide bonds. The molecular formula is C12H25N3O2. The van der Waals surface area contributed by atoms with Crippen LogP contribution in [0, 0.1) is 5.92 Å². The Hall–Kier alpha value is -0.650. The lowest BCUT2D eigenvalue weighted by Gasteiger charge is -2.41. The van der Waals surface area contributed by atoms with Crippen molar-refractivity contribution in [3.05, 3.63) is 0 Å². The molecule has 3 N–H and O–H groups in total. The Kier molecular flexibility index (Phi) is 5.36. The van der Waals surface area contributed by atoms with Crippen LogP contribution in [-0.2, 0) is 9.53 Å². The van der Waals surface area contributed by atoms with E-state index in [9.17, 15) is 4.79 Å². The van der Waals surface area contributed by atoms with Gasteiger partial charge in [-0.15, -0.1) is 0 Å². The summed E-state index contributed by atoms with van der Waals surface area (Å²) in [5, 5.41) is 2.97. The van der Waals surface area contributed by atoms with Crippen LogP contribution in [0.4, 0.5) is 0 Å². The minimum atomic E-state index is -0.115. The van der Waals surface area contributed by atoms with Crippen LogP contribution in [0.15, 0.2) is 0 Å². The van der Waals surface area contributed by atoms with Gasteiger partial charge in [0.05, 0.1) is 13.2 Å². The molecule has 0 saturated carbocycles.